The molecule has 0 saturated carbocycles. The molecule has 0 heterocycles. The highest BCUT2D eigenvalue weighted by atomic mass is 35.5. The minimum Gasteiger partial charge on any atom is -0.450 e. The van der Waals surface area contributed by atoms with E-state index in [1.54, 1.807) is 0 Å². The molecule has 2 rings (SSSR count). The molecular formula is C13H8Cl2F2O2. The molecule has 2 nitrogen and oxygen atoms in total. The molecule has 2 aromatic carbocycles. The Morgan fingerprint density at radius 2 is 1.68 bits per heavy atom. The number of ether oxygens (including phenoxy) is 1. The lowest BCUT2D eigenvalue weighted by molar-refractivity contribution is 0.279. The first-order chi connectivity index (χ1) is 9.01. The molecule has 100 valence electrons. The first kappa shape index (κ1) is 14.1. The van der Waals surface area contributed by atoms with Crippen molar-refractivity contribution in [2.75, 3.05) is 0 Å². The number of hydrogen-bond donors (Lipinski definition) is 1. The molecule has 0 saturated heterocycles. The molecule has 0 atom stereocenters. The Bertz CT molecular complexity index is 595. The van der Waals surface area contributed by atoms with Gasteiger partial charge in [-0.2, -0.15) is 0 Å². The highest BCUT2D eigenvalue weighted by Gasteiger charge is 2.15. The number of hydrogen-bond acceptors (Lipinski definition) is 2. The van der Waals surface area contributed by atoms with E-state index in [4.69, 9.17) is 33.0 Å². The van der Waals surface area contributed by atoms with Gasteiger partial charge in [-0.05, 0) is 35.9 Å². The molecule has 1 N–H and O–H groups in total. The van der Waals surface area contributed by atoms with Crippen LogP contribution in [0.15, 0.2) is 30.3 Å². The second-order valence-corrected chi connectivity index (χ2v) is 4.57. The molecule has 0 spiro atoms. The van der Waals surface area contributed by atoms with Crippen molar-refractivity contribution in [2.45, 2.75) is 6.61 Å². The lowest BCUT2D eigenvalue weighted by Crippen LogP contribution is -1.96. The number of benzene rings is 2. The van der Waals surface area contributed by atoms with Crippen LogP contribution in [-0.2, 0) is 6.61 Å². The van der Waals surface area contributed by atoms with Crippen molar-refractivity contribution < 1.29 is 18.6 Å². The van der Waals surface area contributed by atoms with Gasteiger partial charge in [0, 0.05) is 5.02 Å². The largest absolute Gasteiger partial charge is 0.450 e. The fraction of sp³-hybridized carbons (Fsp3) is 0.0769. The number of aliphatic hydroxyl groups is 1. The second kappa shape index (κ2) is 5.74. The summed E-state index contributed by atoms with van der Waals surface area (Å²) in [7, 11) is 0. The third-order valence-electron chi connectivity index (χ3n) is 2.35. The van der Waals surface area contributed by atoms with Gasteiger partial charge >= 0.3 is 0 Å². The molecule has 2 aromatic rings. The van der Waals surface area contributed by atoms with Gasteiger partial charge in [-0.1, -0.05) is 23.2 Å². The molecule has 0 amide bonds. The van der Waals surface area contributed by atoms with E-state index in [0.717, 1.165) is 12.1 Å². The first-order valence-corrected chi connectivity index (χ1v) is 5.98. The number of rotatable bonds is 3. The quantitative estimate of drug-likeness (QED) is 0.901. The highest BCUT2D eigenvalue weighted by molar-refractivity contribution is 6.35. The van der Waals surface area contributed by atoms with Gasteiger partial charge in [-0.15, -0.1) is 0 Å². The minimum absolute atomic E-state index is 0.0839. The molecule has 0 aliphatic heterocycles. The first-order valence-electron chi connectivity index (χ1n) is 5.23. The Morgan fingerprint density at radius 3 is 2.21 bits per heavy atom. The van der Waals surface area contributed by atoms with Crippen LogP contribution in [0.1, 0.15) is 5.56 Å². The van der Waals surface area contributed by atoms with E-state index in [-0.39, 0.29) is 16.3 Å². The standard InChI is InChI=1S/C13H8Cl2F2O2/c14-8-1-2-12(9(15)5-8)19-13-10(16)3-7(6-18)4-11(13)17/h1-5,18H,6H2. The molecule has 0 aliphatic rings. The van der Waals surface area contributed by atoms with Gasteiger partial charge in [0.05, 0.1) is 11.6 Å². The van der Waals surface area contributed by atoms with E-state index < -0.39 is 24.0 Å². The summed E-state index contributed by atoms with van der Waals surface area (Å²) in [6.07, 6.45) is 0. The molecule has 0 bridgehead atoms. The van der Waals surface area contributed by atoms with Crippen LogP contribution < -0.4 is 4.74 Å². The average molecular weight is 305 g/mol. The maximum atomic E-state index is 13.6. The fourth-order valence-corrected chi connectivity index (χ4v) is 1.92. The van der Waals surface area contributed by atoms with E-state index in [1.165, 1.54) is 18.2 Å². The zero-order valence-electron chi connectivity index (χ0n) is 9.46. The van der Waals surface area contributed by atoms with Gasteiger partial charge < -0.3 is 9.84 Å². The van der Waals surface area contributed by atoms with Crippen LogP contribution in [0.25, 0.3) is 0 Å². The van der Waals surface area contributed by atoms with Crippen molar-refractivity contribution in [3.8, 4) is 11.5 Å². The van der Waals surface area contributed by atoms with E-state index in [9.17, 15) is 8.78 Å². The summed E-state index contributed by atoms with van der Waals surface area (Å²) < 4.78 is 32.4. The Labute approximate surface area is 118 Å². The zero-order chi connectivity index (χ0) is 14.0. The summed E-state index contributed by atoms with van der Waals surface area (Å²) in [5.41, 5.74) is 0.115. The Hall–Kier alpha value is -1.36. The second-order valence-electron chi connectivity index (χ2n) is 3.72. The third kappa shape index (κ3) is 3.15. The maximum absolute atomic E-state index is 13.6. The third-order valence-corrected chi connectivity index (χ3v) is 2.88. The smallest absolute Gasteiger partial charge is 0.198 e. The SMILES string of the molecule is OCc1cc(F)c(Oc2ccc(Cl)cc2Cl)c(F)c1. The molecule has 0 fully saturated rings. The molecule has 6 heteroatoms. The van der Waals surface area contributed by atoms with Crippen LogP contribution >= 0.6 is 23.2 Å². The van der Waals surface area contributed by atoms with Crippen molar-refractivity contribution in [2.24, 2.45) is 0 Å². The molecule has 0 unspecified atom stereocenters. The maximum Gasteiger partial charge on any atom is 0.198 e. The van der Waals surface area contributed by atoms with Crippen molar-refractivity contribution in [3.63, 3.8) is 0 Å². The Morgan fingerprint density at radius 1 is 1.05 bits per heavy atom. The summed E-state index contributed by atoms with van der Waals surface area (Å²) >= 11 is 11.6. The van der Waals surface area contributed by atoms with Crippen LogP contribution in [0, 0.1) is 11.6 Å². The van der Waals surface area contributed by atoms with Gasteiger partial charge in [0.25, 0.3) is 0 Å². The van der Waals surface area contributed by atoms with Crippen LogP contribution in [0.2, 0.25) is 10.0 Å². The van der Waals surface area contributed by atoms with Crippen LogP contribution in [-0.4, -0.2) is 5.11 Å². The monoisotopic (exact) mass is 304 g/mol. The van der Waals surface area contributed by atoms with Gasteiger partial charge in [0.2, 0.25) is 0 Å². The molecule has 0 radical (unpaired) electrons. The molecule has 19 heavy (non-hydrogen) atoms. The highest BCUT2D eigenvalue weighted by Crippen LogP contribution is 2.34. The van der Waals surface area contributed by atoms with Crippen molar-refractivity contribution in [1.29, 1.82) is 0 Å². The zero-order valence-corrected chi connectivity index (χ0v) is 11.0. The van der Waals surface area contributed by atoms with Crippen LogP contribution in [0.5, 0.6) is 11.5 Å². The van der Waals surface area contributed by atoms with Crippen molar-refractivity contribution in [1.82, 2.24) is 0 Å². The Balaban J connectivity index is 2.38. The molecular weight excluding hydrogens is 297 g/mol. The minimum atomic E-state index is -0.921. The van der Waals surface area contributed by atoms with E-state index in [2.05, 4.69) is 0 Å². The molecule has 0 aliphatic carbocycles. The van der Waals surface area contributed by atoms with Crippen molar-refractivity contribution in [3.05, 3.63) is 57.6 Å². The topological polar surface area (TPSA) is 29.5 Å². The number of aliphatic hydroxyl groups excluding tert-OH is 1. The summed E-state index contributed by atoms with van der Waals surface area (Å²) in [6, 6.07) is 6.27. The summed E-state index contributed by atoms with van der Waals surface area (Å²) in [5, 5.41) is 9.35. The van der Waals surface area contributed by atoms with Crippen LogP contribution in [0.4, 0.5) is 8.78 Å². The average Bonchev–Trinajstić information content (AvgIpc) is 2.35. The lowest BCUT2D eigenvalue weighted by atomic mass is 10.2. The predicted octanol–water partition coefficient (Wildman–Crippen LogP) is 4.56. The normalized spacial score (nSPS) is 10.6. The fourth-order valence-electron chi connectivity index (χ4n) is 1.47. The van der Waals surface area contributed by atoms with Crippen molar-refractivity contribution >= 4 is 23.2 Å². The Kier molecular flexibility index (Phi) is 4.24. The number of halogens is 4. The van der Waals surface area contributed by atoms with Gasteiger partial charge in [-0.25, -0.2) is 8.78 Å². The van der Waals surface area contributed by atoms with Gasteiger partial charge in [-0.3, -0.25) is 0 Å². The van der Waals surface area contributed by atoms with E-state index in [1.807, 2.05) is 0 Å². The van der Waals surface area contributed by atoms with Gasteiger partial charge in [0.1, 0.15) is 5.75 Å². The summed E-state index contributed by atoms with van der Waals surface area (Å²) in [6.45, 7) is -0.462. The van der Waals surface area contributed by atoms with E-state index >= 15 is 0 Å². The molecule has 0 aromatic heterocycles. The predicted molar refractivity (Wildman–Crippen MR) is 68.8 cm³/mol. The summed E-state index contributed by atoms with van der Waals surface area (Å²) in [4.78, 5) is 0. The van der Waals surface area contributed by atoms with E-state index in [0.29, 0.717) is 5.02 Å². The lowest BCUT2D eigenvalue weighted by Gasteiger charge is -2.10. The van der Waals surface area contributed by atoms with Gasteiger partial charge in [0.15, 0.2) is 17.4 Å². The van der Waals surface area contributed by atoms with Crippen LogP contribution in [0.3, 0.4) is 0 Å². The summed E-state index contributed by atoms with van der Waals surface area (Å²) in [5.74, 6) is -2.34.